The lowest BCUT2D eigenvalue weighted by Gasteiger charge is -2.29. The SMILES string of the molecule is C.C.C.C.C.C.C/C=C\C.CC.CC.CC.CC.CC.CC.CC1=C(C)CCCC1.CC1CC2CC1C(C)C2C.CC1CC=CCC1C.CC1CCCCC1C.CC=C(C)C.CCC.CCC(C)CC.CCC(C)COc1ccccc1.CCCC.CCCC(C)CC(C)/C=C(\C)CC(C)CC.Cc1ccccc1C. The second-order valence-electron chi connectivity index (χ2n) is 30.2. The summed E-state index contributed by atoms with van der Waals surface area (Å²) >= 11 is 0. The number of rotatable bonds is 15. The van der Waals surface area contributed by atoms with Crippen molar-refractivity contribution in [1.29, 1.82) is 0 Å². The lowest BCUT2D eigenvalue weighted by molar-refractivity contribution is 0.201. The van der Waals surface area contributed by atoms with Crippen molar-refractivity contribution in [1.82, 2.24) is 0 Å². The van der Waals surface area contributed by atoms with E-state index in [-0.39, 0.29) is 44.6 Å². The Morgan fingerprint density at radius 3 is 1.04 bits per heavy atom. The van der Waals surface area contributed by atoms with Crippen molar-refractivity contribution in [3.8, 4) is 5.75 Å². The minimum atomic E-state index is 0. The van der Waals surface area contributed by atoms with Crippen LogP contribution in [0, 0.1) is 96.7 Å². The number of para-hydroxylation sites is 1. The van der Waals surface area contributed by atoms with Crippen LogP contribution < -0.4 is 4.74 Å². The van der Waals surface area contributed by atoms with Gasteiger partial charge in [-0.25, -0.2) is 0 Å². The highest BCUT2D eigenvalue weighted by atomic mass is 16.5. The molecule has 0 aromatic heterocycles. The van der Waals surface area contributed by atoms with E-state index in [0.29, 0.717) is 5.92 Å². The fourth-order valence-electron chi connectivity index (χ4n) is 11.5. The molecule has 110 heavy (non-hydrogen) atoms. The number of unbranched alkanes of at least 4 members (excludes halogenated alkanes) is 1. The van der Waals surface area contributed by atoms with Crippen LogP contribution >= 0.6 is 0 Å². The summed E-state index contributed by atoms with van der Waals surface area (Å²) in [4.78, 5) is 0. The van der Waals surface area contributed by atoms with Gasteiger partial charge in [0.15, 0.2) is 0 Å². The summed E-state index contributed by atoms with van der Waals surface area (Å²) in [6.07, 6.45) is 44.6. The number of ether oxygens (including phenoxy) is 1. The molecule has 5 aliphatic carbocycles. The van der Waals surface area contributed by atoms with Gasteiger partial charge in [0.2, 0.25) is 0 Å². The fraction of sp³-hybridized carbons (Fsp3) is 0.798. The van der Waals surface area contributed by atoms with Gasteiger partial charge in [0, 0.05) is 0 Å². The van der Waals surface area contributed by atoms with Gasteiger partial charge in [0.1, 0.15) is 5.75 Å². The standard InChI is InChI=1S/C16H32.C11H16O.C10H18.C8H16.2C8H14.C8H10.C6H14.C5H10.C4H10.C4H8.C3H8.6C2H6.6CH4/c1-7-9-14(4)11-16(6)12-15(5)10-13(3)8-2;1-3-10(2)9-12-11-7-5-4-6-8-11;1-6-4-9-5-10(6)8(3)7(9)2;4*1-7-5-3-4-6-8(7)2;1-4-6(3)5-2;1-4-5(2)3;2*1-3-4-2;1-3-2;6*1-2;;;;;;/h12-14,16H,7-11H2,1-6H3;4-8,10H,3,9H2,1-2H3;6-10H,4-5H2,1-3H3;7-8H,3-6H2,1-2H3;3-6H2,1-2H3;3-4,7-8H,5-6H2,1-2H3;3-6H,1-2H3;6H,4-5H2,1-3H3;4H,1-3H3;3-4H2,1-2H3;3-4H,1-2H3;3H2,1-2H3;6*1-2H3;6*1H4/b15-12+;;;;;;;;;;4-3-;;;;;;;;;;;;;. The zero-order valence-electron chi connectivity index (χ0n) is 80.6. The molecule has 672 valence electrons. The number of fused-ring (bicyclic) bond motifs is 2. The summed E-state index contributed by atoms with van der Waals surface area (Å²) in [5, 5.41) is 0. The van der Waals surface area contributed by atoms with Gasteiger partial charge < -0.3 is 4.74 Å². The maximum absolute atomic E-state index is 5.56. The minimum absolute atomic E-state index is 0. The Bertz CT molecular complexity index is 1940. The van der Waals surface area contributed by atoms with Gasteiger partial charge in [-0.05, 0) is 240 Å². The van der Waals surface area contributed by atoms with Crippen molar-refractivity contribution < 1.29 is 4.74 Å². The molecule has 2 aromatic rings. The summed E-state index contributed by atoms with van der Waals surface area (Å²) in [6.45, 7) is 94.2. The highest BCUT2D eigenvalue weighted by molar-refractivity contribution is 5.23. The predicted octanol–water partition coefficient (Wildman–Crippen LogP) is 41.7. The zero-order valence-corrected chi connectivity index (χ0v) is 80.6. The molecule has 0 amide bonds. The molecule has 7 rings (SSSR count). The molecule has 0 heterocycles. The predicted molar refractivity (Wildman–Crippen MR) is 537 cm³/mol. The lowest BCUT2D eigenvalue weighted by Crippen LogP contribution is -2.22. The smallest absolute Gasteiger partial charge is 0.119 e. The van der Waals surface area contributed by atoms with E-state index >= 15 is 0 Å². The summed E-state index contributed by atoms with van der Waals surface area (Å²) in [6, 6.07) is 18.3. The van der Waals surface area contributed by atoms with Crippen molar-refractivity contribution >= 4 is 0 Å². The first kappa shape index (κ1) is 148. The molecule has 0 saturated heterocycles. The second-order valence-corrected chi connectivity index (χ2v) is 30.2. The average molecular weight is 1560 g/mol. The fourth-order valence-corrected chi connectivity index (χ4v) is 11.5. The number of aryl methyl sites for hydroxylation is 2. The van der Waals surface area contributed by atoms with Crippen molar-refractivity contribution in [3.63, 3.8) is 0 Å². The molecular weight excluding hydrogens is 1330 g/mol. The first-order chi connectivity index (χ1) is 49.6. The highest BCUT2D eigenvalue weighted by Gasteiger charge is 2.46. The van der Waals surface area contributed by atoms with E-state index in [0.717, 1.165) is 89.3 Å². The molecule has 3 fully saturated rings. The number of hydrogen-bond donors (Lipinski definition) is 0. The number of hydrogen-bond acceptors (Lipinski definition) is 1. The molecule has 1 nitrogen and oxygen atoms in total. The van der Waals surface area contributed by atoms with Gasteiger partial charge in [0.25, 0.3) is 0 Å². The third kappa shape index (κ3) is 103. The van der Waals surface area contributed by atoms with E-state index in [1.54, 1.807) is 23.1 Å². The molecule has 5 aliphatic rings. The largest absolute Gasteiger partial charge is 0.493 e. The van der Waals surface area contributed by atoms with Crippen LogP contribution in [0.1, 0.15) is 487 Å². The molecule has 2 bridgehead atoms. The second kappa shape index (κ2) is 117. The minimum Gasteiger partial charge on any atom is -0.493 e. The van der Waals surface area contributed by atoms with E-state index in [2.05, 4.69) is 242 Å². The Hall–Kier alpha value is -3.06. The molecular formula is C109H230O. The summed E-state index contributed by atoms with van der Waals surface area (Å²) < 4.78 is 5.56. The Labute approximate surface area is 710 Å². The van der Waals surface area contributed by atoms with Crippen LogP contribution in [0.2, 0.25) is 0 Å². The Balaban J connectivity index is -0.0000000572. The van der Waals surface area contributed by atoms with E-state index < -0.39 is 0 Å². The number of allylic oxidation sites excluding steroid dienone is 10. The molecule has 1 heteroatoms. The Kier molecular flexibility index (Phi) is 158. The molecule has 2 aromatic carbocycles. The van der Waals surface area contributed by atoms with E-state index in [1.807, 2.05) is 146 Å². The molecule has 3 saturated carbocycles. The van der Waals surface area contributed by atoms with Gasteiger partial charge >= 0.3 is 0 Å². The number of benzene rings is 2. The normalized spacial score (nSPS) is 19.3. The van der Waals surface area contributed by atoms with Crippen LogP contribution in [0.15, 0.2) is 113 Å². The quantitative estimate of drug-likeness (QED) is 0.162. The molecule has 0 aliphatic heterocycles. The van der Waals surface area contributed by atoms with Crippen LogP contribution in [0.5, 0.6) is 5.75 Å². The topological polar surface area (TPSA) is 9.23 Å². The van der Waals surface area contributed by atoms with Crippen LogP contribution in [0.3, 0.4) is 0 Å². The first-order valence-corrected chi connectivity index (χ1v) is 45.4. The van der Waals surface area contributed by atoms with E-state index in [9.17, 15) is 0 Å². The van der Waals surface area contributed by atoms with Gasteiger partial charge in [-0.15, -0.1) is 0 Å². The monoisotopic (exact) mass is 1560 g/mol. The molecule has 13 unspecified atom stereocenters. The third-order valence-electron chi connectivity index (χ3n) is 20.7. The Morgan fingerprint density at radius 1 is 0.436 bits per heavy atom. The highest BCUT2D eigenvalue weighted by Crippen LogP contribution is 2.54. The Morgan fingerprint density at radius 2 is 0.791 bits per heavy atom. The lowest BCUT2D eigenvalue weighted by atomic mass is 9.77. The maximum Gasteiger partial charge on any atom is 0.119 e. The molecule has 0 spiro atoms. The summed E-state index contributed by atoms with van der Waals surface area (Å²) in [5.74, 6) is 14.1. The summed E-state index contributed by atoms with van der Waals surface area (Å²) in [5.41, 5.74) is 8.98. The van der Waals surface area contributed by atoms with Gasteiger partial charge in [-0.2, -0.15) is 0 Å². The van der Waals surface area contributed by atoms with Crippen LogP contribution in [0.25, 0.3) is 0 Å². The van der Waals surface area contributed by atoms with Crippen LogP contribution in [-0.2, 0) is 0 Å². The van der Waals surface area contributed by atoms with Gasteiger partial charge in [-0.3, -0.25) is 0 Å². The van der Waals surface area contributed by atoms with Crippen molar-refractivity contribution in [2.24, 2.45) is 82.9 Å². The van der Waals surface area contributed by atoms with Crippen molar-refractivity contribution in [2.75, 3.05) is 6.61 Å². The van der Waals surface area contributed by atoms with Gasteiger partial charge in [-0.1, -0.05) is 458 Å². The van der Waals surface area contributed by atoms with E-state index in [1.165, 1.54) is 158 Å². The zero-order chi connectivity index (χ0) is 83.4. The summed E-state index contributed by atoms with van der Waals surface area (Å²) in [7, 11) is 0. The third-order valence-corrected chi connectivity index (χ3v) is 20.7. The maximum atomic E-state index is 5.56. The molecule has 0 N–H and O–H groups in total. The van der Waals surface area contributed by atoms with E-state index in [4.69, 9.17) is 4.74 Å². The molecule has 13 atom stereocenters. The van der Waals surface area contributed by atoms with Gasteiger partial charge in [0.05, 0.1) is 6.61 Å². The first-order valence-electron chi connectivity index (χ1n) is 45.4. The van der Waals surface area contributed by atoms with Crippen LogP contribution in [0.4, 0.5) is 0 Å². The van der Waals surface area contributed by atoms with Crippen molar-refractivity contribution in [2.45, 2.75) is 490 Å². The average Bonchev–Trinajstić information content (AvgIpc) is 1.64. The van der Waals surface area contributed by atoms with Crippen molar-refractivity contribution in [3.05, 3.63) is 124 Å². The van der Waals surface area contributed by atoms with Crippen LogP contribution in [-0.4, -0.2) is 6.61 Å². The molecule has 0 radical (unpaired) electrons.